The molecule has 0 aliphatic heterocycles. The maximum Gasteiger partial charge on any atom is 0.271 e. The molecule has 9 nitrogen and oxygen atoms in total. The number of ether oxygens (including phenoxy) is 1. The molecule has 3 rings (SSSR count). The highest BCUT2D eigenvalue weighted by Crippen LogP contribution is 2.22. The molecule has 0 bridgehead atoms. The number of nitrogens with one attached hydrogen (secondary N) is 2. The van der Waals surface area contributed by atoms with Gasteiger partial charge in [0.25, 0.3) is 11.8 Å². The van der Waals surface area contributed by atoms with Crippen LogP contribution in [0.3, 0.4) is 0 Å². The normalized spacial score (nSPS) is 11.4. The lowest BCUT2D eigenvalue weighted by molar-refractivity contribution is -0.123. The Hall–Kier alpha value is -4.18. The first kappa shape index (κ1) is 29.4. The molecule has 0 aliphatic rings. The maximum absolute atomic E-state index is 12.5. The van der Waals surface area contributed by atoms with Gasteiger partial charge in [0.1, 0.15) is 5.75 Å². The standard InChI is InChI=1S/C29H34N4O5S/c1-21(2)17-30-28(34)20-38-27-15-9-23(10-16-27)18-31-32-29(35)24-11-13-26(14-12-24)33(39(4,36)37)19-25-8-6-5-7-22(25)3/h5-16,18,21H,17,19-20H2,1-4H3,(H,30,34)(H,32,35)/b31-18-. The molecule has 2 N–H and O–H groups in total. The topological polar surface area (TPSA) is 117 Å². The number of carbonyl (C=O) groups is 2. The largest absolute Gasteiger partial charge is 0.484 e. The van der Waals surface area contributed by atoms with E-state index in [-0.39, 0.29) is 19.1 Å². The van der Waals surface area contributed by atoms with Crippen LogP contribution < -0.4 is 19.8 Å². The number of anilines is 1. The molecule has 0 radical (unpaired) electrons. The van der Waals surface area contributed by atoms with Crippen LogP contribution >= 0.6 is 0 Å². The Morgan fingerprint density at radius 2 is 1.67 bits per heavy atom. The van der Waals surface area contributed by atoms with E-state index in [1.807, 2.05) is 45.0 Å². The van der Waals surface area contributed by atoms with Gasteiger partial charge in [-0.3, -0.25) is 13.9 Å². The Kier molecular flexibility index (Phi) is 10.2. The lowest BCUT2D eigenvalue weighted by Crippen LogP contribution is -2.31. The van der Waals surface area contributed by atoms with Crippen molar-refractivity contribution in [2.75, 3.05) is 23.7 Å². The van der Waals surface area contributed by atoms with Crippen LogP contribution in [0.1, 0.15) is 40.9 Å². The monoisotopic (exact) mass is 550 g/mol. The molecule has 39 heavy (non-hydrogen) atoms. The molecule has 0 saturated carbocycles. The molecule has 3 aromatic carbocycles. The molecule has 0 aromatic heterocycles. The minimum atomic E-state index is -3.55. The van der Waals surface area contributed by atoms with Gasteiger partial charge >= 0.3 is 0 Å². The number of hydrogen-bond acceptors (Lipinski definition) is 6. The number of hydrogen-bond donors (Lipinski definition) is 2. The number of amides is 2. The van der Waals surface area contributed by atoms with Crippen LogP contribution in [0, 0.1) is 12.8 Å². The number of rotatable bonds is 12. The summed E-state index contributed by atoms with van der Waals surface area (Å²) in [6.45, 7) is 6.69. The van der Waals surface area contributed by atoms with Crippen molar-refractivity contribution in [3.63, 3.8) is 0 Å². The van der Waals surface area contributed by atoms with Crippen LogP contribution in [-0.2, 0) is 21.4 Å². The summed E-state index contributed by atoms with van der Waals surface area (Å²) in [5.41, 5.74) is 5.87. The van der Waals surface area contributed by atoms with Crippen LogP contribution in [0.25, 0.3) is 0 Å². The summed E-state index contributed by atoms with van der Waals surface area (Å²) >= 11 is 0. The first-order chi connectivity index (χ1) is 18.5. The highest BCUT2D eigenvalue weighted by Gasteiger charge is 2.19. The SMILES string of the molecule is Cc1ccccc1CN(c1ccc(C(=O)N/N=C\c2ccc(OCC(=O)NCC(C)C)cc2)cc1)S(C)(=O)=O. The molecule has 206 valence electrons. The third-order valence-electron chi connectivity index (χ3n) is 5.73. The first-order valence-electron chi connectivity index (χ1n) is 12.5. The van der Waals surface area contributed by atoms with Crippen molar-refractivity contribution in [3.05, 3.63) is 95.1 Å². The molecule has 0 atom stereocenters. The van der Waals surface area contributed by atoms with Crippen molar-refractivity contribution in [1.29, 1.82) is 0 Å². The summed E-state index contributed by atoms with van der Waals surface area (Å²) in [5.74, 6) is 0.295. The molecular formula is C29H34N4O5S. The van der Waals surface area contributed by atoms with Gasteiger partial charge in [0, 0.05) is 12.1 Å². The van der Waals surface area contributed by atoms with Crippen molar-refractivity contribution >= 4 is 33.7 Å². The lowest BCUT2D eigenvalue weighted by Gasteiger charge is -2.23. The highest BCUT2D eigenvalue weighted by molar-refractivity contribution is 7.92. The molecule has 0 aliphatic carbocycles. The fourth-order valence-electron chi connectivity index (χ4n) is 3.52. The zero-order valence-corrected chi connectivity index (χ0v) is 23.4. The Morgan fingerprint density at radius 3 is 2.28 bits per heavy atom. The van der Waals surface area contributed by atoms with E-state index < -0.39 is 15.9 Å². The summed E-state index contributed by atoms with van der Waals surface area (Å²) in [4.78, 5) is 24.3. The molecule has 3 aromatic rings. The quantitative estimate of drug-likeness (QED) is 0.262. The van der Waals surface area contributed by atoms with Crippen LogP contribution in [0.2, 0.25) is 0 Å². The first-order valence-corrected chi connectivity index (χ1v) is 14.3. The summed E-state index contributed by atoms with van der Waals surface area (Å²) in [7, 11) is -3.55. The summed E-state index contributed by atoms with van der Waals surface area (Å²) in [6.07, 6.45) is 2.64. The number of hydrazone groups is 1. The number of aryl methyl sites for hydroxylation is 1. The molecule has 2 amide bonds. The number of sulfonamides is 1. The van der Waals surface area contributed by atoms with Gasteiger partial charge in [0.05, 0.1) is 24.7 Å². The maximum atomic E-state index is 12.5. The Bertz CT molecular complexity index is 1400. The molecule has 0 heterocycles. The Morgan fingerprint density at radius 1 is 1.00 bits per heavy atom. The second-order valence-corrected chi connectivity index (χ2v) is 11.4. The second kappa shape index (κ2) is 13.6. The number of carbonyl (C=O) groups excluding carboxylic acids is 2. The van der Waals surface area contributed by atoms with Gasteiger partial charge in [-0.2, -0.15) is 5.10 Å². The van der Waals surface area contributed by atoms with E-state index >= 15 is 0 Å². The number of benzene rings is 3. The predicted octanol–water partition coefficient (Wildman–Crippen LogP) is 3.88. The van der Waals surface area contributed by atoms with Crippen molar-refractivity contribution in [1.82, 2.24) is 10.7 Å². The van der Waals surface area contributed by atoms with Crippen molar-refractivity contribution in [2.24, 2.45) is 11.0 Å². The van der Waals surface area contributed by atoms with Crippen molar-refractivity contribution in [3.8, 4) is 5.75 Å². The van der Waals surface area contributed by atoms with Crippen LogP contribution in [0.4, 0.5) is 5.69 Å². The average Bonchev–Trinajstić information content (AvgIpc) is 2.90. The fraction of sp³-hybridized carbons (Fsp3) is 0.276. The van der Waals surface area contributed by atoms with Crippen LogP contribution in [-0.4, -0.2) is 45.9 Å². The van der Waals surface area contributed by atoms with E-state index in [1.54, 1.807) is 48.5 Å². The van der Waals surface area contributed by atoms with Crippen LogP contribution in [0.15, 0.2) is 77.9 Å². The molecule has 10 heteroatoms. The zero-order chi connectivity index (χ0) is 28.4. The zero-order valence-electron chi connectivity index (χ0n) is 22.5. The van der Waals surface area contributed by atoms with Gasteiger partial charge < -0.3 is 10.1 Å². The highest BCUT2D eigenvalue weighted by atomic mass is 32.2. The number of nitrogens with zero attached hydrogens (tertiary/aromatic N) is 2. The summed E-state index contributed by atoms with van der Waals surface area (Å²) in [6, 6.07) is 20.8. The van der Waals surface area contributed by atoms with E-state index in [2.05, 4.69) is 15.8 Å². The van der Waals surface area contributed by atoms with Gasteiger partial charge in [-0.25, -0.2) is 13.8 Å². The molecular weight excluding hydrogens is 516 g/mol. The Labute approximate surface area is 229 Å². The summed E-state index contributed by atoms with van der Waals surface area (Å²) < 4.78 is 31.7. The van der Waals surface area contributed by atoms with E-state index in [4.69, 9.17) is 4.74 Å². The van der Waals surface area contributed by atoms with Gasteiger partial charge in [0.2, 0.25) is 10.0 Å². The third-order valence-corrected chi connectivity index (χ3v) is 6.87. The Balaban J connectivity index is 1.56. The van der Waals surface area contributed by atoms with Gasteiger partial charge in [-0.15, -0.1) is 0 Å². The molecule has 0 fully saturated rings. The average molecular weight is 551 g/mol. The summed E-state index contributed by atoms with van der Waals surface area (Å²) in [5, 5.41) is 6.78. The van der Waals surface area contributed by atoms with Crippen LogP contribution in [0.5, 0.6) is 5.75 Å². The third kappa shape index (κ3) is 9.26. The van der Waals surface area contributed by atoms with Crippen molar-refractivity contribution in [2.45, 2.75) is 27.3 Å². The minimum absolute atomic E-state index is 0.0666. The molecule has 0 unspecified atom stereocenters. The van der Waals surface area contributed by atoms with E-state index in [0.29, 0.717) is 29.5 Å². The van der Waals surface area contributed by atoms with Crippen molar-refractivity contribution < 1.29 is 22.7 Å². The van der Waals surface area contributed by atoms with E-state index in [1.165, 1.54) is 10.5 Å². The molecule has 0 spiro atoms. The van der Waals surface area contributed by atoms with E-state index in [9.17, 15) is 18.0 Å². The van der Waals surface area contributed by atoms with E-state index in [0.717, 1.165) is 22.9 Å². The van der Waals surface area contributed by atoms with Gasteiger partial charge in [-0.05, 0) is 78.1 Å². The van der Waals surface area contributed by atoms with Gasteiger partial charge in [0.15, 0.2) is 6.61 Å². The lowest BCUT2D eigenvalue weighted by atomic mass is 10.1. The van der Waals surface area contributed by atoms with Gasteiger partial charge in [-0.1, -0.05) is 38.1 Å². The fourth-order valence-corrected chi connectivity index (χ4v) is 4.40. The predicted molar refractivity (Wildman–Crippen MR) is 153 cm³/mol. The molecule has 0 saturated heterocycles. The minimum Gasteiger partial charge on any atom is -0.484 e. The second-order valence-electron chi connectivity index (χ2n) is 9.50. The smallest absolute Gasteiger partial charge is 0.271 e.